The zero-order valence-electron chi connectivity index (χ0n) is 13.5. The monoisotopic (exact) mass is 288 g/mol. The van der Waals surface area contributed by atoms with Crippen molar-refractivity contribution in [3.63, 3.8) is 0 Å². The van der Waals surface area contributed by atoms with Crippen molar-refractivity contribution in [2.45, 2.75) is 27.2 Å². The Morgan fingerprint density at radius 2 is 1.86 bits per heavy atom. The second kappa shape index (κ2) is 5.90. The number of methoxy groups -OCH3 is 2. The number of pyridine rings is 1. The predicted molar refractivity (Wildman–Crippen MR) is 86.1 cm³/mol. The quantitative estimate of drug-likeness (QED) is 0.918. The summed E-state index contributed by atoms with van der Waals surface area (Å²) in [5, 5.41) is 1.07. The Bertz CT molecular complexity index is 651. The molecule has 1 aromatic heterocycles. The number of benzene rings is 1. The maximum atomic E-state index is 5.88. The molecule has 0 saturated carbocycles. The van der Waals surface area contributed by atoms with Crippen LogP contribution in [0.3, 0.4) is 0 Å². The summed E-state index contributed by atoms with van der Waals surface area (Å²) in [6, 6.07) is 6.01. The molecule has 0 atom stereocenters. The third-order valence-electron chi connectivity index (χ3n) is 3.74. The number of fused-ring (bicyclic) bond motifs is 1. The van der Waals surface area contributed by atoms with Crippen LogP contribution in [0.25, 0.3) is 10.9 Å². The fourth-order valence-electron chi connectivity index (χ4n) is 2.49. The topological polar surface area (TPSA) is 57.4 Å². The van der Waals surface area contributed by atoms with Gasteiger partial charge in [0.25, 0.3) is 0 Å². The molecular weight excluding hydrogens is 264 g/mol. The molecule has 114 valence electrons. The molecule has 4 heteroatoms. The molecule has 0 aliphatic carbocycles. The molecule has 1 heterocycles. The molecule has 0 bridgehead atoms. The van der Waals surface area contributed by atoms with E-state index in [1.807, 2.05) is 19.1 Å². The van der Waals surface area contributed by atoms with E-state index in [-0.39, 0.29) is 5.41 Å². The molecule has 21 heavy (non-hydrogen) atoms. The van der Waals surface area contributed by atoms with E-state index in [2.05, 4.69) is 24.9 Å². The first-order valence-corrected chi connectivity index (χ1v) is 7.12. The highest BCUT2D eigenvalue weighted by Gasteiger charge is 2.20. The summed E-state index contributed by atoms with van der Waals surface area (Å²) in [4.78, 5) is 4.63. The van der Waals surface area contributed by atoms with Gasteiger partial charge in [0.05, 0.1) is 14.2 Å². The van der Waals surface area contributed by atoms with E-state index >= 15 is 0 Å². The fraction of sp³-hybridized carbons (Fsp3) is 0.471. The average molecular weight is 288 g/mol. The smallest absolute Gasteiger partial charge is 0.148 e. The van der Waals surface area contributed by atoms with E-state index in [9.17, 15) is 0 Å². The summed E-state index contributed by atoms with van der Waals surface area (Å²) in [6.07, 6.45) is 0.889. The first-order chi connectivity index (χ1) is 9.90. The first kappa shape index (κ1) is 15.6. The van der Waals surface area contributed by atoms with Crippen LogP contribution in [-0.4, -0.2) is 25.7 Å². The Balaban J connectivity index is 2.69. The van der Waals surface area contributed by atoms with Crippen molar-refractivity contribution in [3.05, 3.63) is 29.5 Å². The molecule has 0 radical (unpaired) electrons. The largest absolute Gasteiger partial charge is 0.497 e. The van der Waals surface area contributed by atoms with Crippen molar-refractivity contribution in [2.24, 2.45) is 11.1 Å². The summed E-state index contributed by atoms with van der Waals surface area (Å²) in [5.74, 6) is 1.51. The predicted octanol–water partition coefficient (Wildman–Crippen LogP) is 3.09. The van der Waals surface area contributed by atoms with Gasteiger partial charge >= 0.3 is 0 Å². The molecule has 0 fully saturated rings. The van der Waals surface area contributed by atoms with E-state index in [4.69, 9.17) is 15.2 Å². The van der Waals surface area contributed by atoms with Gasteiger partial charge in [-0.1, -0.05) is 13.8 Å². The molecule has 0 aliphatic heterocycles. The van der Waals surface area contributed by atoms with Crippen LogP contribution in [0.2, 0.25) is 0 Å². The fourth-order valence-corrected chi connectivity index (χ4v) is 2.49. The third-order valence-corrected chi connectivity index (χ3v) is 3.74. The summed E-state index contributed by atoms with van der Waals surface area (Å²) < 4.78 is 10.8. The minimum atomic E-state index is 0.0387. The second-order valence-electron chi connectivity index (χ2n) is 6.19. The maximum absolute atomic E-state index is 5.88. The second-order valence-corrected chi connectivity index (χ2v) is 6.19. The molecule has 2 aromatic rings. The van der Waals surface area contributed by atoms with E-state index in [0.717, 1.165) is 34.5 Å². The normalized spacial score (nSPS) is 11.7. The third kappa shape index (κ3) is 3.27. The Hall–Kier alpha value is -1.81. The molecule has 0 unspecified atom stereocenters. The summed E-state index contributed by atoms with van der Waals surface area (Å²) >= 11 is 0. The van der Waals surface area contributed by atoms with Gasteiger partial charge < -0.3 is 15.2 Å². The average Bonchev–Trinajstić information content (AvgIpc) is 2.46. The van der Waals surface area contributed by atoms with Crippen LogP contribution < -0.4 is 15.2 Å². The highest BCUT2D eigenvalue weighted by atomic mass is 16.5. The van der Waals surface area contributed by atoms with Gasteiger partial charge in [-0.3, -0.25) is 0 Å². The molecular formula is C17H24N2O2. The lowest BCUT2D eigenvalue weighted by atomic mass is 9.84. The highest BCUT2D eigenvalue weighted by Crippen LogP contribution is 2.34. The lowest BCUT2D eigenvalue weighted by Crippen LogP contribution is -2.26. The highest BCUT2D eigenvalue weighted by molar-refractivity contribution is 5.89. The Morgan fingerprint density at radius 3 is 2.43 bits per heavy atom. The summed E-state index contributed by atoms with van der Waals surface area (Å²) in [7, 11) is 3.31. The Labute approximate surface area is 126 Å². The first-order valence-electron chi connectivity index (χ1n) is 7.12. The van der Waals surface area contributed by atoms with Crippen molar-refractivity contribution >= 4 is 10.9 Å². The zero-order chi connectivity index (χ0) is 15.6. The van der Waals surface area contributed by atoms with Gasteiger partial charge in [0.1, 0.15) is 17.0 Å². The van der Waals surface area contributed by atoms with E-state index in [1.165, 1.54) is 5.56 Å². The van der Waals surface area contributed by atoms with Crippen molar-refractivity contribution in [1.82, 2.24) is 4.98 Å². The standard InChI is InChI=1S/C17H24N2O2/c1-11-6-12(9-17(2,3)10-18)14-7-13(20-4)8-15(21-5)16(14)19-11/h6-8H,9-10,18H2,1-5H3. The zero-order valence-corrected chi connectivity index (χ0v) is 13.5. The van der Waals surface area contributed by atoms with Crippen molar-refractivity contribution in [2.75, 3.05) is 20.8 Å². The number of rotatable bonds is 5. The lowest BCUT2D eigenvalue weighted by Gasteiger charge is -2.23. The number of aryl methyl sites for hydroxylation is 1. The van der Waals surface area contributed by atoms with Gasteiger partial charge in [-0.15, -0.1) is 0 Å². The van der Waals surface area contributed by atoms with Gasteiger partial charge in [0.15, 0.2) is 0 Å². The molecule has 1 aromatic carbocycles. The number of ether oxygens (including phenoxy) is 2. The lowest BCUT2D eigenvalue weighted by molar-refractivity contribution is 0.377. The molecule has 0 aliphatic rings. The number of hydrogen-bond donors (Lipinski definition) is 1. The number of nitrogens with two attached hydrogens (primary N) is 1. The van der Waals surface area contributed by atoms with Crippen LogP contribution in [0.15, 0.2) is 18.2 Å². The van der Waals surface area contributed by atoms with Crippen LogP contribution in [0, 0.1) is 12.3 Å². The molecule has 0 saturated heterocycles. The summed E-state index contributed by atoms with van der Waals surface area (Å²) in [5.41, 5.74) is 9.01. The minimum Gasteiger partial charge on any atom is -0.497 e. The van der Waals surface area contributed by atoms with Crippen LogP contribution in [0.1, 0.15) is 25.1 Å². The molecule has 0 amide bonds. The van der Waals surface area contributed by atoms with Gasteiger partial charge in [-0.05, 0) is 43.0 Å². The van der Waals surface area contributed by atoms with Gasteiger partial charge in [-0.2, -0.15) is 0 Å². The van der Waals surface area contributed by atoms with Gasteiger partial charge in [-0.25, -0.2) is 4.98 Å². The Kier molecular flexibility index (Phi) is 4.37. The van der Waals surface area contributed by atoms with Crippen LogP contribution in [-0.2, 0) is 6.42 Å². The van der Waals surface area contributed by atoms with Crippen molar-refractivity contribution < 1.29 is 9.47 Å². The Morgan fingerprint density at radius 1 is 1.14 bits per heavy atom. The number of aromatic nitrogens is 1. The van der Waals surface area contributed by atoms with Crippen LogP contribution in [0.5, 0.6) is 11.5 Å². The molecule has 2 rings (SSSR count). The van der Waals surface area contributed by atoms with Gasteiger partial charge in [0.2, 0.25) is 0 Å². The van der Waals surface area contributed by atoms with Crippen molar-refractivity contribution in [1.29, 1.82) is 0 Å². The van der Waals surface area contributed by atoms with Crippen LogP contribution in [0.4, 0.5) is 0 Å². The van der Waals surface area contributed by atoms with Crippen LogP contribution >= 0.6 is 0 Å². The molecule has 2 N–H and O–H groups in total. The minimum absolute atomic E-state index is 0.0387. The molecule has 4 nitrogen and oxygen atoms in total. The van der Waals surface area contributed by atoms with E-state index in [1.54, 1.807) is 14.2 Å². The van der Waals surface area contributed by atoms with Gasteiger partial charge in [0, 0.05) is 17.1 Å². The number of nitrogens with zero attached hydrogens (tertiary/aromatic N) is 1. The number of hydrogen-bond acceptors (Lipinski definition) is 4. The van der Waals surface area contributed by atoms with E-state index < -0.39 is 0 Å². The summed E-state index contributed by atoms with van der Waals surface area (Å²) in [6.45, 7) is 6.98. The molecule has 0 spiro atoms. The van der Waals surface area contributed by atoms with E-state index in [0.29, 0.717) is 6.54 Å². The SMILES string of the molecule is COc1cc(OC)c2nc(C)cc(CC(C)(C)CN)c2c1. The maximum Gasteiger partial charge on any atom is 0.148 e. The van der Waals surface area contributed by atoms with Crippen molar-refractivity contribution in [3.8, 4) is 11.5 Å².